The molecule has 1 N–H and O–H groups in total. The van der Waals surface area contributed by atoms with E-state index in [1.807, 2.05) is 0 Å². The van der Waals surface area contributed by atoms with E-state index in [2.05, 4.69) is 35.8 Å². The molecule has 1 aliphatic heterocycles. The van der Waals surface area contributed by atoms with Gasteiger partial charge in [0.2, 0.25) is 0 Å². The van der Waals surface area contributed by atoms with Gasteiger partial charge in [0.05, 0.1) is 0 Å². The van der Waals surface area contributed by atoms with E-state index in [-0.39, 0.29) is 0 Å². The first-order chi connectivity index (χ1) is 8.38. The van der Waals surface area contributed by atoms with Crippen LogP contribution in [0.2, 0.25) is 0 Å². The van der Waals surface area contributed by atoms with Gasteiger partial charge in [0.1, 0.15) is 0 Å². The van der Waals surface area contributed by atoms with Gasteiger partial charge in [-0.25, -0.2) is 0 Å². The summed E-state index contributed by atoms with van der Waals surface area (Å²) in [5.74, 6) is 5.13. The van der Waals surface area contributed by atoms with E-state index in [1.165, 1.54) is 62.3 Å². The average molecular weight is 274 g/mol. The van der Waals surface area contributed by atoms with Gasteiger partial charge in [-0.05, 0) is 31.6 Å². The topological polar surface area (TPSA) is 12.0 Å². The van der Waals surface area contributed by atoms with Crippen LogP contribution in [0.25, 0.3) is 0 Å². The van der Waals surface area contributed by atoms with Crippen LogP contribution >= 0.6 is 23.5 Å². The Balaban J connectivity index is 1.57. The van der Waals surface area contributed by atoms with Crippen molar-refractivity contribution in [3.8, 4) is 0 Å². The average Bonchev–Trinajstić information content (AvgIpc) is 2.40. The van der Waals surface area contributed by atoms with Crippen LogP contribution in [-0.4, -0.2) is 35.1 Å². The summed E-state index contributed by atoms with van der Waals surface area (Å²) in [5, 5.41) is 4.70. The number of nitrogens with one attached hydrogen (secondary N) is 1. The van der Waals surface area contributed by atoms with E-state index in [1.54, 1.807) is 0 Å². The van der Waals surface area contributed by atoms with Gasteiger partial charge in [-0.1, -0.05) is 19.8 Å². The van der Waals surface area contributed by atoms with Crippen LogP contribution < -0.4 is 5.32 Å². The van der Waals surface area contributed by atoms with Crippen molar-refractivity contribution in [3.63, 3.8) is 0 Å². The fourth-order valence-corrected chi connectivity index (χ4v) is 5.64. The highest BCUT2D eigenvalue weighted by atomic mass is 32.2. The van der Waals surface area contributed by atoms with Crippen molar-refractivity contribution in [2.75, 3.05) is 23.8 Å². The lowest BCUT2D eigenvalue weighted by atomic mass is 9.83. The minimum absolute atomic E-state index is 0.829. The maximum atomic E-state index is 3.82. The minimum atomic E-state index is 0.829. The molecule has 100 valence electrons. The Bertz CT molecular complexity index is 196. The normalized spacial score (nSPS) is 34.8. The molecule has 1 atom stereocenters. The lowest BCUT2D eigenvalue weighted by Gasteiger charge is -2.31. The Morgan fingerprint density at radius 3 is 2.59 bits per heavy atom. The van der Waals surface area contributed by atoms with Gasteiger partial charge in [-0.15, -0.1) is 0 Å². The Labute approximate surface area is 115 Å². The number of rotatable bonds is 5. The zero-order valence-corrected chi connectivity index (χ0v) is 12.8. The Kier molecular flexibility index (Phi) is 6.59. The van der Waals surface area contributed by atoms with Crippen LogP contribution in [0.5, 0.6) is 0 Å². The SMILES string of the molecule is CCCC1CCC(NCC2CSCCS2)CC1. The summed E-state index contributed by atoms with van der Waals surface area (Å²) in [6, 6.07) is 0.829. The molecule has 2 fully saturated rings. The molecule has 1 saturated heterocycles. The number of hydrogen-bond acceptors (Lipinski definition) is 3. The van der Waals surface area contributed by atoms with Gasteiger partial charge in [-0.3, -0.25) is 0 Å². The summed E-state index contributed by atoms with van der Waals surface area (Å²) in [6.07, 6.45) is 8.63. The molecule has 1 saturated carbocycles. The number of hydrogen-bond donors (Lipinski definition) is 1. The first kappa shape index (κ1) is 14.1. The second kappa shape index (κ2) is 7.96. The molecule has 2 rings (SSSR count). The first-order valence-electron chi connectivity index (χ1n) is 7.31. The molecule has 0 spiro atoms. The maximum Gasteiger partial charge on any atom is 0.0263 e. The molecule has 0 bridgehead atoms. The third kappa shape index (κ3) is 5.04. The largest absolute Gasteiger partial charge is 0.313 e. The van der Waals surface area contributed by atoms with Gasteiger partial charge in [-0.2, -0.15) is 23.5 Å². The van der Waals surface area contributed by atoms with Gasteiger partial charge in [0.25, 0.3) is 0 Å². The predicted molar refractivity (Wildman–Crippen MR) is 82.2 cm³/mol. The lowest BCUT2D eigenvalue weighted by Crippen LogP contribution is -2.38. The van der Waals surface area contributed by atoms with E-state index < -0.39 is 0 Å². The molecule has 3 heteroatoms. The summed E-state index contributed by atoms with van der Waals surface area (Å²) < 4.78 is 0. The van der Waals surface area contributed by atoms with Crippen molar-refractivity contribution in [2.45, 2.75) is 56.7 Å². The summed E-state index contributed by atoms with van der Waals surface area (Å²) in [5.41, 5.74) is 0. The molecular formula is C14H27NS2. The van der Waals surface area contributed by atoms with E-state index in [9.17, 15) is 0 Å². The fourth-order valence-electron chi connectivity index (χ4n) is 3.02. The molecular weight excluding hydrogens is 246 g/mol. The van der Waals surface area contributed by atoms with Crippen molar-refractivity contribution < 1.29 is 0 Å². The highest BCUT2D eigenvalue weighted by Gasteiger charge is 2.21. The highest BCUT2D eigenvalue weighted by molar-refractivity contribution is 8.06. The smallest absolute Gasteiger partial charge is 0.0263 e. The monoisotopic (exact) mass is 273 g/mol. The Morgan fingerprint density at radius 1 is 1.12 bits per heavy atom. The minimum Gasteiger partial charge on any atom is -0.313 e. The Morgan fingerprint density at radius 2 is 1.94 bits per heavy atom. The van der Waals surface area contributed by atoms with Crippen LogP contribution in [0, 0.1) is 5.92 Å². The lowest BCUT2D eigenvalue weighted by molar-refractivity contribution is 0.279. The number of thioether (sulfide) groups is 2. The van der Waals surface area contributed by atoms with Crippen LogP contribution in [0.15, 0.2) is 0 Å². The molecule has 0 aromatic heterocycles. The predicted octanol–water partition coefficient (Wildman–Crippen LogP) is 3.78. The van der Waals surface area contributed by atoms with Gasteiger partial charge in [0.15, 0.2) is 0 Å². The van der Waals surface area contributed by atoms with Gasteiger partial charge >= 0.3 is 0 Å². The van der Waals surface area contributed by atoms with Crippen LogP contribution in [0.4, 0.5) is 0 Å². The second-order valence-electron chi connectivity index (χ2n) is 5.48. The molecule has 0 amide bonds. The van der Waals surface area contributed by atoms with E-state index >= 15 is 0 Å². The Hall–Kier alpha value is 0.660. The third-order valence-corrected chi connectivity index (χ3v) is 6.91. The molecule has 17 heavy (non-hydrogen) atoms. The van der Waals surface area contributed by atoms with E-state index in [4.69, 9.17) is 0 Å². The molecule has 0 aromatic rings. The molecule has 1 unspecified atom stereocenters. The molecule has 0 radical (unpaired) electrons. The summed E-state index contributed by atoms with van der Waals surface area (Å²) in [4.78, 5) is 0. The standard InChI is InChI=1S/C14H27NS2/c1-2-3-12-4-6-13(7-5-12)15-10-14-11-16-8-9-17-14/h12-15H,2-11H2,1H3. The van der Waals surface area contributed by atoms with Crippen LogP contribution in [0.3, 0.4) is 0 Å². The zero-order valence-electron chi connectivity index (χ0n) is 11.1. The summed E-state index contributed by atoms with van der Waals surface area (Å²) in [6.45, 7) is 3.57. The highest BCUT2D eigenvalue weighted by Crippen LogP contribution is 2.28. The summed E-state index contributed by atoms with van der Waals surface area (Å²) >= 11 is 4.31. The first-order valence-corrected chi connectivity index (χ1v) is 9.51. The molecule has 1 heterocycles. The van der Waals surface area contributed by atoms with Crippen LogP contribution in [0.1, 0.15) is 45.4 Å². The van der Waals surface area contributed by atoms with Crippen LogP contribution in [-0.2, 0) is 0 Å². The third-order valence-electron chi connectivity index (χ3n) is 4.06. The van der Waals surface area contributed by atoms with Gasteiger partial charge < -0.3 is 5.32 Å². The van der Waals surface area contributed by atoms with Crippen molar-refractivity contribution in [1.29, 1.82) is 0 Å². The maximum absolute atomic E-state index is 3.82. The van der Waals surface area contributed by atoms with Crippen molar-refractivity contribution >= 4 is 23.5 Å². The molecule has 0 aromatic carbocycles. The van der Waals surface area contributed by atoms with E-state index in [0.717, 1.165) is 17.2 Å². The molecule has 2 aliphatic rings. The second-order valence-corrected chi connectivity index (χ2v) is 8.04. The van der Waals surface area contributed by atoms with Gasteiger partial charge in [0, 0.05) is 35.1 Å². The van der Waals surface area contributed by atoms with Crippen molar-refractivity contribution in [1.82, 2.24) is 5.32 Å². The fraction of sp³-hybridized carbons (Fsp3) is 1.00. The van der Waals surface area contributed by atoms with E-state index in [0.29, 0.717) is 0 Å². The quantitative estimate of drug-likeness (QED) is 0.818. The summed E-state index contributed by atoms with van der Waals surface area (Å²) in [7, 11) is 0. The zero-order chi connectivity index (χ0) is 11.9. The molecule has 1 aliphatic carbocycles. The van der Waals surface area contributed by atoms with Crippen molar-refractivity contribution in [2.24, 2.45) is 5.92 Å². The molecule has 1 nitrogen and oxygen atoms in total. The van der Waals surface area contributed by atoms with Crippen molar-refractivity contribution in [3.05, 3.63) is 0 Å².